The van der Waals surface area contributed by atoms with Gasteiger partial charge in [-0.2, -0.15) is 0 Å². The number of ether oxygens (including phenoxy) is 7. The predicted molar refractivity (Wildman–Crippen MR) is 229 cm³/mol. The molecule has 61 heavy (non-hydrogen) atoms. The van der Waals surface area contributed by atoms with Crippen molar-refractivity contribution in [2.24, 2.45) is 17.8 Å². The molecule has 1 aromatic carbocycles. The number of esters is 1. The third kappa shape index (κ3) is 13.9. The molecule has 16 heteroatoms. The monoisotopic (exact) mass is 868 g/mol. The number of methoxy groups -OCH3 is 2. The summed E-state index contributed by atoms with van der Waals surface area (Å²) in [7, 11) is 4.88. The first-order chi connectivity index (χ1) is 28.5. The number of benzene rings is 1. The Balaban J connectivity index is 2.09. The van der Waals surface area contributed by atoms with Gasteiger partial charge in [-0.15, -0.1) is 0 Å². The van der Waals surface area contributed by atoms with Gasteiger partial charge in [0.05, 0.1) is 36.4 Å². The fourth-order valence-electron chi connectivity index (χ4n) is 8.90. The zero-order chi connectivity index (χ0) is 45.9. The maximum atomic E-state index is 14.5. The molecule has 2 aliphatic heterocycles. The number of aliphatic hydroxyl groups is 3. The Morgan fingerprint density at radius 3 is 2.13 bits per heavy atom. The van der Waals surface area contributed by atoms with Crippen LogP contribution in [-0.4, -0.2) is 138 Å². The van der Waals surface area contributed by atoms with E-state index in [0.717, 1.165) is 24.8 Å². The fourth-order valence-corrected chi connectivity index (χ4v) is 8.90. The van der Waals surface area contributed by atoms with Crippen LogP contribution in [0.3, 0.4) is 0 Å². The van der Waals surface area contributed by atoms with Crippen molar-refractivity contribution >= 4 is 18.2 Å². The Morgan fingerprint density at radius 1 is 0.918 bits per heavy atom. The number of unbranched alkanes of at least 4 members (excludes halogenated alkanes) is 2. The number of hydrogen-bond donors (Lipinski definition) is 5. The Labute approximate surface area is 363 Å². The number of amides is 2. The van der Waals surface area contributed by atoms with Gasteiger partial charge in [-0.25, -0.2) is 9.59 Å². The smallest absolute Gasteiger partial charge is 0.407 e. The number of nitrogens with zero attached hydrogens (tertiary/aromatic N) is 1. The van der Waals surface area contributed by atoms with Crippen LogP contribution in [0.2, 0.25) is 0 Å². The van der Waals surface area contributed by atoms with Gasteiger partial charge >= 0.3 is 18.2 Å². The van der Waals surface area contributed by atoms with Crippen molar-refractivity contribution in [2.75, 3.05) is 34.4 Å². The molecule has 1 aromatic rings. The van der Waals surface area contributed by atoms with E-state index < -0.39 is 95.8 Å². The highest BCUT2D eigenvalue weighted by Gasteiger charge is 2.52. The highest BCUT2D eigenvalue weighted by molar-refractivity contribution is 5.73. The molecule has 0 unspecified atom stereocenters. The molecular formula is C45H77N3O13. The lowest BCUT2D eigenvalue weighted by molar-refractivity contribution is -0.299. The van der Waals surface area contributed by atoms with E-state index in [2.05, 4.69) is 17.6 Å². The number of carbonyl (C=O) groups excluding carboxylic acids is 3. The van der Waals surface area contributed by atoms with Crippen LogP contribution in [0.4, 0.5) is 9.59 Å². The Morgan fingerprint density at radius 2 is 1.54 bits per heavy atom. The van der Waals surface area contributed by atoms with Gasteiger partial charge in [0.25, 0.3) is 0 Å². The van der Waals surface area contributed by atoms with Crippen LogP contribution in [0.5, 0.6) is 5.75 Å². The SMILES string of the molecule is CCCCCNC(=O)O[C@@H]1[C@@H](C)[C@H](O[C@H]2C[C@@](C)(OC)[C@@H](O)[C@H](C)O2)[C@@H](C)C(=O)O[C@H](CC)[C@@](C)(O)[C@H](OC(=O)NCc2ccc(OC)cc2)[C@@H](C)N(C)C[C@H](C)C[C@@]1(C)O. The van der Waals surface area contributed by atoms with Gasteiger partial charge < -0.3 is 59.1 Å². The van der Waals surface area contributed by atoms with Gasteiger partial charge in [-0.3, -0.25) is 9.69 Å². The Kier molecular flexibility index (Phi) is 19.6. The number of likely N-dealkylation sites (N-methyl/N-ethyl adjacent to an activating group) is 1. The van der Waals surface area contributed by atoms with Crippen LogP contribution in [-0.2, 0) is 39.8 Å². The second kappa shape index (κ2) is 22.9. The molecule has 2 aliphatic rings. The number of carbonyl (C=O) groups is 3. The standard InChI is InChI=1S/C45H77N3O13/c1-14-16-17-22-46-41(51)60-38-28(4)36(59-35-24-44(9,56-13)37(49)31(7)57-35)29(5)40(50)58-34(15-2)45(10,54)39(30(6)48(11)26-27(3)23-43(38,8)53)61-42(52)47-25-32-18-20-33(55-12)21-19-32/h18-21,27-31,34-39,49,53-54H,14-17,22-26H2,1-13H3,(H,46,51)(H,47,52)/t27-,28+,29-,30-,31+,34-,35+,36+,37+,38-,39-,43-,44-,45-/m1/s1. The molecule has 0 bridgehead atoms. The molecule has 0 spiro atoms. The summed E-state index contributed by atoms with van der Waals surface area (Å²) in [6.07, 6.45) is -5.87. The van der Waals surface area contributed by atoms with Crippen molar-refractivity contribution in [1.29, 1.82) is 0 Å². The number of nitrogens with one attached hydrogen (secondary N) is 2. The lowest BCUT2D eigenvalue weighted by atomic mass is 9.78. The lowest BCUT2D eigenvalue weighted by Gasteiger charge is -2.47. The molecule has 350 valence electrons. The van der Waals surface area contributed by atoms with E-state index in [4.69, 9.17) is 33.2 Å². The lowest BCUT2D eigenvalue weighted by Crippen LogP contribution is -2.61. The third-order valence-corrected chi connectivity index (χ3v) is 12.7. The molecule has 16 nitrogen and oxygen atoms in total. The topological polar surface area (TPSA) is 204 Å². The number of aliphatic hydroxyl groups excluding tert-OH is 1. The molecule has 2 fully saturated rings. The summed E-state index contributed by atoms with van der Waals surface area (Å²) < 4.78 is 42.2. The molecule has 0 aromatic heterocycles. The first-order valence-electron chi connectivity index (χ1n) is 22.0. The summed E-state index contributed by atoms with van der Waals surface area (Å²) >= 11 is 0. The van der Waals surface area contributed by atoms with Crippen molar-refractivity contribution in [3.8, 4) is 5.75 Å². The predicted octanol–water partition coefficient (Wildman–Crippen LogP) is 5.32. The van der Waals surface area contributed by atoms with Crippen LogP contribution in [0, 0.1) is 17.8 Å². The first kappa shape index (κ1) is 52.1. The maximum absolute atomic E-state index is 14.5. The van der Waals surface area contributed by atoms with Gasteiger partial charge in [-0.05, 0) is 91.5 Å². The highest BCUT2D eigenvalue weighted by atomic mass is 16.7. The second-order valence-electron chi connectivity index (χ2n) is 18.1. The minimum atomic E-state index is -1.91. The average molecular weight is 868 g/mol. The minimum absolute atomic E-state index is 0.0902. The quantitative estimate of drug-likeness (QED) is 0.0969. The van der Waals surface area contributed by atoms with Gasteiger partial charge in [0.2, 0.25) is 0 Å². The number of cyclic esters (lactones) is 1. The third-order valence-electron chi connectivity index (χ3n) is 12.7. The van der Waals surface area contributed by atoms with Gasteiger partial charge in [0, 0.05) is 45.1 Å². The summed E-state index contributed by atoms with van der Waals surface area (Å²) in [6, 6.07) is 6.56. The summed E-state index contributed by atoms with van der Waals surface area (Å²) in [5, 5.41) is 41.4. The molecule has 2 heterocycles. The molecular weight excluding hydrogens is 791 g/mol. The molecule has 2 amide bonds. The highest BCUT2D eigenvalue weighted by Crippen LogP contribution is 2.39. The zero-order valence-corrected chi connectivity index (χ0v) is 38.9. The normalized spacial score (nSPS) is 37.0. The summed E-state index contributed by atoms with van der Waals surface area (Å²) in [6.45, 7) is 18.3. The second-order valence-corrected chi connectivity index (χ2v) is 18.1. The summed E-state index contributed by atoms with van der Waals surface area (Å²) in [5.74, 6) is -2.26. The van der Waals surface area contributed by atoms with Crippen LogP contribution in [0.25, 0.3) is 0 Å². The summed E-state index contributed by atoms with van der Waals surface area (Å²) in [4.78, 5) is 43.4. The van der Waals surface area contributed by atoms with Crippen molar-refractivity contribution < 1.29 is 62.9 Å². The van der Waals surface area contributed by atoms with Gasteiger partial charge in [0.15, 0.2) is 12.4 Å². The van der Waals surface area contributed by atoms with Gasteiger partial charge in [-0.1, -0.05) is 52.7 Å². The van der Waals surface area contributed by atoms with Crippen molar-refractivity contribution in [2.45, 2.75) is 180 Å². The van der Waals surface area contributed by atoms with Crippen LogP contribution >= 0.6 is 0 Å². The fraction of sp³-hybridized carbons (Fsp3) is 0.800. The molecule has 0 radical (unpaired) electrons. The van der Waals surface area contributed by atoms with E-state index in [9.17, 15) is 29.7 Å². The zero-order valence-electron chi connectivity index (χ0n) is 38.9. The van der Waals surface area contributed by atoms with Crippen LogP contribution in [0.15, 0.2) is 24.3 Å². The number of alkyl carbamates (subject to hydrolysis) is 2. The molecule has 14 atom stereocenters. The minimum Gasteiger partial charge on any atom is -0.497 e. The summed E-state index contributed by atoms with van der Waals surface area (Å²) in [5.41, 5.74) is -3.84. The number of hydrogen-bond acceptors (Lipinski definition) is 14. The molecule has 0 aliphatic carbocycles. The van der Waals surface area contributed by atoms with E-state index >= 15 is 0 Å². The van der Waals surface area contributed by atoms with E-state index in [-0.39, 0.29) is 31.7 Å². The molecule has 2 saturated heterocycles. The van der Waals surface area contributed by atoms with E-state index in [1.54, 1.807) is 60.8 Å². The molecule has 5 N–H and O–H groups in total. The van der Waals surface area contributed by atoms with E-state index in [1.165, 1.54) is 14.0 Å². The van der Waals surface area contributed by atoms with Crippen molar-refractivity contribution in [3.05, 3.63) is 29.8 Å². The molecule has 3 rings (SSSR count). The Hall–Kier alpha value is -3.25. The molecule has 0 saturated carbocycles. The van der Waals surface area contributed by atoms with Crippen molar-refractivity contribution in [1.82, 2.24) is 15.5 Å². The number of rotatable bonds is 13. The van der Waals surface area contributed by atoms with E-state index in [1.807, 2.05) is 37.9 Å². The maximum Gasteiger partial charge on any atom is 0.407 e. The van der Waals surface area contributed by atoms with Crippen molar-refractivity contribution in [3.63, 3.8) is 0 Å². The van der Waals surface area contributed by atoms with E-state index in [0.29, 0.717) is 18.8 Å². The first-order valence-corrected chi connectivity index (χ1v) is 22.0. The average Bonchev–Trinajstić information content (AvgIpc) is 3.21. The van der Waals surface area contributed by atoms with Crippen LogP contribution in [0.1, 0.15) is 113 Å². The largest absolute Gasteiger partial charge is 0.497 e. The van der Waals surface area contributed by atoms with Gasteiger partial charge in [0.1, 0.15) is 29.7 Å². The Bertz CT molecular complexity index is 1530. The van der Waals surface area contributed by atoms with Crippen LogP contribution < -0.4 is 15.4 Å².